The fraction of sp³-hybridized carbons (Fsp3) is 0.500. The van der Waals surface area contributed by atoms with Crippen molar-refractivity contribution in [3.8, 4) is 5.75 Å². The standard InChI is InChI=1S/C20H30N2O3.C2HF3O2/c1-5-18(21)19(23)13-15(12-14(2)3)6-11-20(24)22-16-7-9-17(25-4)10-8-16;3-2(4,5)1(6)7/h6-11,14-15,18H,5,12-13,21H2,1-4H3,(H,22,24);(H,6,7)/b11-6+;/t15-,18+;/m1./s1. The second-order valence-corrected chi connectivity index (χ2v) is 7.45. The monoisotopic (exact) mass is 460 g/mol. The molecule has 0 saturated heterocycles. The minimum Gasteiger partial charge on any atom is -0.497 e. The van der Waals surface area contributed by atoms with Crippen molar-refractivity contribution in [2.45, 2.75) is 52.3 Å². The number of Topliss-reactive ketones (excluding diaryl/α,β-unsaturated/α-hetero) is 1. The number of halogens is 3. The van der Waals surface area contributed by atoms with Gasteiger partial charge in [-0.15, -0.1) is 0 Å². The highest BCUT2D eigenvalue weighted by Crippen LogP contribution is 2.19. The lowest BCUT2D eigenvalue weighted by atomic mass is 9.90. The molecule has 0 radical (unpaired) electrons. The molecule has 0 spiro atoms. The largest absolute Gasteiger partial charge is 0.497 e. The lowest BCUT2D eigenvalue weighted by molar-refractivity contribution is -0.192. The number of allylic oxidation sites excluding steroid dienone is 1. The van der Waals surface area contributed by atoms with Crippen molar-refractivity contribution < 1.29 is 37.4 Å². The van der Waals surface area contributed by atoms with E-state index in [0.29, 0.717) is 24.4 Å². The first-order chi connectivity index (χ1) is 14.8. The number of nitrogens with two attached hydrogens (primary N) is 1. The lowest BCUT2D eigenvalue weighted by Crippen LogP contribution is -2.31. The van der Waals surface area contributed by atoms with Crippen LogP contribution in [-0.4, -0.2) is 42.1 Å². The Morgan fingerprint density at radius 3 is 2.12 bits per heavy atom. The van der Waals surface area contributed by atoms with Crippen LogP contribution < -0.4 is 15.8 Å². The molecule has 0 bridgehead atoms. The predicted molar refractivity (Wildman–Crippen MR) is 115 cm³/mol. The summed E-state index contributed by atoms with van der Waals surface area (Å²) in [6, 6.07) is 6.70. The maximum atomic E-state index is 12.1. The topological polar surface area (TPSA) is 119 Å². The van der Waals surface area contributed by atoms with Crippen LogP contribution in [0, 0.1) is 11.8 Å². The third-order valence-corrected chi connectivity index (χ3v) is 4.21. The first kappa shape index (κ1) is 29.1. The van der Waals surface area contributed by atoms with Crippen molar-refractivity contribution in [3.05, 3.63) is 36.4 Å². The number of benzene rings is 1. The van der Waals surface area contributed by atoms with Crippen molar-refractivity contribution in [2.24, 2.45) is 17.6 Å². The molecule has 0 aliphatic rings. The van der Waals surface area contributed by atoms with Gasteiger partial charge >= 0.3 is 12.1 Å². The van der Waals surface area contributed by atoms with Crippen molar-refractivity contribution in [1.82, 2.24) is 0 Å². The summed E-state index contributed by atoms with van der Waals surface area (Å²) in [6.07, 6.45) is 0.0874. The number of hydrogen-bond acceptors (Lipinski definition) is 5. The molecule has 180 valence electrons. The number of methoxy groups -OCH3 is 1. The molecule has 0 aliphatic heterocycles. The number of alkyl halides is 3. The van der Waals surface area contributed by atoms with Crippen LogP contribution in [0.1, 0.15) is 40.0 Å². The van der Waals surface area contributed by atoms with Crippen LogP contribution in [0.4, 0.5) is 18.9 Å². The van der Waals surface area contributed by atoms with Gasteiger partial charge in [-0.05, 0) is 55.0 Å². The number of carboxylic acid groups (broad SMARTS) is 1. The molecule has 0 saturated carbocycles. The minimum absolute atomic E-state index is 0.0201. The number of carbonyl (C=O) groups is 3. The van der Waals surface area contributed by atoms with E-state index in [-0.39, 0.29) is 17.6 Å². The summed E-state index contributed by atoms with van der Waals surface area (Å²) in [5, 5.41) is 9.92. The van der Waals surface area contributed by atoms with Gasteiger partial charge in [0.25, 0.3) is 0 Å². The molecule has 1 aromatic rings. The van der Waals surface area contributed by atoms with Crippen molar-refractivity contribution in [1.29, 1.82) is 0 Å². The van der Waals surface area contributed by atoms with Gasteiger partial charge in [0, 0.05) is 12.1 Å². The molecule has 7 nitrogen and oxygen atoms in total. The summed E-state index contributed by atoms with van der Waals surface area (Å²) in [7, 11) is 1.59. The maximum Gasteiger partial charge on any atom is 0.490 e. The van der Waals surface area contributed by atoms with Gasteiger partial charge in [-0.25, -0.2) is 4.79 Å². The summed E-state index contributed by atoms with van der Waals surface area (Å²) in [4.78, 5) is 33.1. The molecule has 0 fully saturated rings. The molecule has 0 unspecified atom stereocenters. The van der Waals surface area contributed by atoms with Crippen LogP contribution in [0.3, 0.4) is 0 Å². The van der Waals surface area contributed by atoms with E-state index < -0.39 is 18.2 Å². The van der Waals surface area contributed by atoms with Gasteiger partial charge < -0.3 is 20.9 Å². The number of carboxylic acids is 1. The molecule has 4 N–H and O–H groups in total. The Labute approximate surface area is 185 Å². The van der Waals surface area contributed by atoms with Crippen LogP contribution in [-0.2, 0) is 14.4 Å². The van der Waals surface area contributed by atoms with Crippen LogP contribution in [0.2, 0.25) is 0 Å². The third-order valence-electron chi connectivity index (χ3n) is 4.21. The molecule has 1 rings (SSSR count). The Morgan fingerprint density at radius 1 is 1.19 bits per heavy atom. The van der Waals surface area contributed by atoms with Gasteiger partial charge in [-0.3, -0.25) is 9.59 Å². The Bertz CT molecular complexity index is 762. The van der Waals surface area contributed by atoms with E-state index in [9.17, 15) is 22.8 Å². The highest BCUT2D eigenvalue weighted by atomic mass is 19.4. The van der Waals surface area contributed by atoms with E-state index in [4.69, 9.17) is 20.4 Å². The molecule has 10 heteroatoms. The van der Waals surface area contributed by atoms with Gasteiger partial charge in [-0.1, -0.05) is 26.8 Å². The minimum atomic E-state index is -5.08. The second kappa shape index (κ2) is 14.2. The molecule has 0 aromatic heterocycles. The zero-order chi connectivity index (χ0) is 24.9. The summed E-state index contributed by atoms with van der Waals surface area (Å²) in [5.74, 6) is -1.74. The predicted octanol–water partition coefficient (Wildman–Crippen LogP) is 4.18. The average Bonchev–Trinajstić information content (AvgIpc) is 2.71. The Morgan fingerprint density at radius 2 is 1.72 bits per heavy atom. The lowest BCUT2D eigenvalue weighted by Gasteiger charge is -2.16. The molecule has 32 heavy (non-hydrogen) atoms. The summed E-state index contributed by atoms with van der Waals surface area (Å²) in [6.45, 7) is 6.10. The summed E-state index contributed by atoms with van der Waals surface area (Å²) < 4.78 is 36.8. The zero-order valence-corrected chi connectivity index (χ0v) is 18.6. The second-order valence-electron chi connectivity index (χ2n) is 7.45. The number of ether oxygens (including phenoxy) is 1. The number of hydrogen-bond donors (Lipinski definition) is 3. The molecule has 1 aromatic carbocycles. The number of ketones is 1. The fourth-order valence-corrected chi connectivity index (χ4v) is 2.55. The SMILES string of the molecule is CC[C@H](N)C(=O)C[C@H](/C=C/C(=O)Nc1ccc(OC)cc1)CC(C)C.O=C(O)C(F)(F)F. The maximum absolute atomic E-state index is 12.1. The van der Waals surface area contributed by atoms with Gasteiger partial charge in [0.15, 0.2) is 0 Å². The van der Waals surface area contributed by atoms with E-state index in [1.54, 1.807) is 31.4 Å². The molecular formula is C22H31F3N2O5. The molecule has 0 aliphatic carbocycles. The van der Waals surface area contributed by atoms with E-state index >= 15 is 0 Å². The average molecular weight is 460 g/mol. The zero-order valence-electron chi connectivity index (χ0n) is 18.6. The van der Waals surface area contributed by atoms with Crippen LogP contribution >= 0.6 is 0 Å². The highest BCUT2D eigenvalue weighted by molar-refractivity contribution is 5.99. The number of anilines is 1. The summed E-state index contributed by atoms with van der Waals surface area (Å²) >= 11 is 0. The molecule has 2 atom stereocenters. The van der Waals surface area contributed by atoms with E-state index in [0.717, 1.165) is 12.2 Å². The first-order valence-corrected chi connectivity index (χ1v) is 10.0. The Kier molecular flexibility index (Phi) is 13.0. The van der Waals surface area contributed by atoms with Crippen molar-refractivity contribution in [2.75, 3.05) is 12.4 Å². The van der Waals surface area contributed by atoms with Gasteiger partial charge in [-0.2, -0.15) is 13.2 Å². The van der Waals surface area contributed by atoms with Crippen molar-refractivity contribution in [3.63, 3.8) is 0 Å². The number of amides is 1. The van der Waals surface area contributed by atoms with Crippen LogP contribution in [0.5, 0.6) is 5.75 Å². The quantitative estimate of drug-likeness (QED) is 0.451. The number of aliphatic carboxylic acids is 1. The Hall–Kier alpha value is -2.88. The van der Waals surface area contributed by atoms with Gasteiger partial charge in [0.05, 0.1) is 13.2 Å². The van der Waals surface area contributed by atoms with E-state index in [1.807, 2.05) is 13.0 Å². The van der Waals surface area contributed by atoms with Gasteiger partial charge in [0.1, 0.15) is 11.5 Å². The van der Waals surface area contributed by atoms with E-state index in [1.165, 1.54) is 6.08 Å². The first-order valence-electron chi connectivity index (χ1n) is 10.0. The highest BCUT2D eigenvalue weighted by Gasteiger charge is 2.38. The van der Waals surface area contributed by atoms with Crippen molar-refractivity contribution >= 4 is 23.3 Å². The number of rotatable bonds is 10. The number of nitrogens with one attached hydrogen (secondary N) is 1. The smallest absolute Gasteiger partial charge is 0.490 e. The van der Waals surface area contributed by atoms with Crippen LogP contribution in [0.15, 0.2) is 36.4 Å². The summed E-state index contributed by atoms with van der Waals surface area (Å²) in [5.41, 5.74) is 6.51. The Balaban J connectivity index is 0.00000118. The number of carbonyl (C=O) groups excluding carboxylic acids is 2. The third kappa shape index (κ3) is 12.7. The van der Waals surface area contributed by atoms with E-state index in [2.05, 4.69) is 19.2 Å². The molecule has 0 heterocycles. The normalized spacial score (nSPS) is 13.2. The molecule has 1 amide bonds. The fourth-order valence-electron chi connectivity index (χ4n) is 2.55. The molecular weight excluding hydrogens is 429 g/mol. The van der Waals surface area contributed by atoms with Gasteiger partial charge in [0.2, 0.25) is 5.91 Å². The van der Waals surface area contributed by atoms with Crippen LogP contribution in [0.25, 0.3) is 0 Å².